The fourth-order valence-electron chi connectivity index (χ4n) is 2.33. The zero-order chi connectivity index (χ0) is 18.9. The SMILES string of the molecule is O=C(CCCNC(=O)c1ccco1)Nc1cccnc1Oc1ccccc1. The number of carbonyl (C=O) groups excluding carboxylic acids is 2. The molecule has 138 valence electrons. The molecule has 3 aromatic rings. The van der Waals surface area contributed by atoms with Crippen LogP contribution in [0.1, 0.15) is 23.4 Å². The number of ether oxygens (including phenoxy) is 1. The Morgan fingerprint density at radius 1 is 1.04 bits per heavy atom. The highest BCUT2D eigenvalue weighted by molar-refractivity contribution is 5.92. The Kier molecular flexibility index (Phi) is 6.19. The van der Waals surface area contributed by atoms with Gasteiger partial charge in [-0.2, -0.15) is 0 Å². The van der Waals surface area contributed by atoms with E-state index in [0.29, 0.717) is 30.3 Å². The molecule has 0 bridgehead atoms. The quantitative estimate of drug-likeness (QED) is 0.595. The van der Waals surface area contributed by atoms with Gasteiger partial charge >= 0.3 is 0 Å². The molecule has 3 rings (SSSR count). The average Bonchev–Trinajstić information content (AvgIpc) is 3.22. The number of hydrogen-bond acceptors (Lipinski definition) is 5. The molecular weight excluding hydrogens is 346 g/mol. The highest BCUT2D eigenvalue weighted by atomic mass is 16.5. The van der Waals surface area contributed by atoms with Gasteiger partial charge in [-0.3, -0.25) is 9.59 Å². The predicted molar refractivity (Wildman–Crippen MR) is 99.7 cm³/mol. The van der Waals surface area contributed by atoms with Crippen molar-refractivity contribution in [1.82, 2.24) is 10.3 Å². The molecule has 0 aliphatic heterocycles. The van der Waals surface area contributed by atoms with Gasteiger partial charge in [-0.05, 0) is 42.8 Å². The molecule has 27 heavy (non-hydrogen) atoms. The minimum atomic E-state index is -0.300. The lowest BCUT2D eigenvalue weighted by atomic mass is 10.2. The molecule has 1 aromatic carbocycles. The average molecular weight is 365 g/mol. The lowest BCUT2D eigenvalue weighted by Crippen LogP contribution is -2.25. The summed E-state index contributed by atoms with van der Waals surface area (Å²) in [5.74, 6) is 0.715. The largest absolute Gasteiger partial charge is 0.459 e. The molecule has 0 unspecified atom stereocenters. The Morgan fingerprint density at radius 2 is 1.89 bits per heavy atom. The molecule has 0 radical (unpaired) electrons. The van der Waals surface area contributed by atoms with E-state index in [4.69, 9.17) is 9.15 Å². The Balaban J connectivity index is 1.47. The zero-order valence-corrected chi connectivity index (χ0v) is 14.6. The van der Waals surface area contributed by atoms with Crippen molar-refractivity contribution < 1.29 is 18.7 Å². The van der Waals surface area contributed by atoms with Gasteiger partial charge in [-0.15, -0.1) is 0 Å². The van der Waals surface area contributed by atoms with Crippen LogP contribution in [0.4, 0.5) is 5.69 Å². The number of amides is 2. The van der Waals surface area contributed by atoms with Crippen molar-refractivity contribution in [3.05, 3.63) is 72.8 Å². The molecule has 0 spiro atoms. The summed E-state index contributed by atoms with van der Waals surface area (Å²) in [6.07, 6.45) is 3.77. The monoisotopic (exact) mass is 365 g/mol. The Morgan fingerprint density at radius 3 is 2.67 bits per heavy atom. The van der Waals surface area contributed by atoms with E-state index in [9.17, 15) is 9.59 Å². The summed E-state index contributed by atoms with van der Waals surface area (Å²) < 4.78 is 10.7. The standard InChI is InChI=1S/C20H19N3O4/c24-18(11-5-12-21-19(25)17-10-6-14-26-17)23-16-9-4-13-22-20(16)27-15-7-2-1-3-8-15/h1-4,6-10,13-14H,5,11-12H2,(H,21,25)(H,23,24). The van der Waals surface area contributed by atoms with Crippen LogP contribution in [-0.2, 0) is 4.79 Å². The van der Waals surface area contributed by atoms with Crippen LogP contribution in [0, 0.1) is 0 Å². The van der Waals surface area contributed by atoms with Crippen molar-refractivity contribution >= 4 is 17.5 Å². The zero-order valence-electron chi connectivity index (χ0n) is 14.6. The molecule has 0 atom stereocenters. The van der Waals surface area contributed by atoms with Crippen molar-refractivity contribution in [1.29, 1.82) is 0 Å². The summed E-state index contributed by atoms with van der Waals surface area (Å²) >= 11 is 0. The van der Waals surface area contributed by atoms with Crippen molar-refractivity contribution in [2.75, 3.05) is 11.9 Å². The van der Waals surface area contributed by atoms with Crippen molar-refractivity contribution in [3.8, 4) is 11.6 Å². The highest BCUT2D eigenvalue weighted by Crippen LogP contribution is 2.26. The Labute approximate surface area is 156 Å². The second-order valence-corrected chi connectivity index (χ2v) is 5.66. The normalized spacial score (nSPS) is 10.2. The second-order valence-electron chi connectivity index (χ2n) is 5.66. The minimum absolute atomic E-state index is 0.187. The van der Waals surface area contributed by atoms with Gasteiger partial charge in [0, 0.05) is 19.2 Å². The van der Waals surface area contributed by atoms with Crippen molar-refractivity contribution in [3.63, 3.8) is 0 Å². The molecule has 2 heterocycles. The number of pyridine rings is 1. The molecule has 2 aromatic heterocycles. The third-order valence-corrected chi connectivity index (χ3v) is 3.61. The minimum Gasteiger partial charge on any atom is -0.459 e. The van der Waals surface area contributed by atoms with Gasteiger partial charge in [0.05, 0.1) is 6.26 Å². The molecule has 2 N–H and O–H groups in total. The lowest BCUT2D eigenvalue weighted by Gasteiger charge is -2.11. The number of nitrogens with zero attached hydrogens (tertiary/aromatic N) is 1. The van der Waals surface area contributed by atoms with Gasteiger partial charge < -0.3 is 19.8 Å². The third kappa shape index (κ3) is 5.43. The number of hydrogen-bond donors (Lipinski definition) is 2. The van der Waals surface area contributed by atoms with Crippen LogP contribution < -0.4 is 15.4 Å². The number of para-hydroxylation sites is 1. The van der Waals surface area contributed by atoms with Crippen molar-refractivity contribution in [2.45, 2.75) is 12.8 Å². The first-order valence-corrected chi connectivity index (χ1v) is 8.52. The maximum atomic E-state index is 12.2. The second kappa shape index (κ2) is 9.19. The maximum absolute atomic E-state index is 12.2. The van der Waals surface area contributed by atoms with Crippen molar-refractivity contribution in [2.24, 2.45) is 0 Å². The molecule has 0 saturated heterocycles. The molecule has 7 nitrogen and oxygen atoms in total. The number of furan rings is 1. The van der Waals surface area contributed by atoms with Gasteiger partial charge in [-0.1, -0.05) is 18.2 Å². The first kappa shape index (κ1) is 18.2. The van der Waals surface area contributed by atoms with E-state index in [1.54, 1.807) is 30.5 Å². The van der Waals surface area contributed by atoms with Crippen LogP contribution in [0.3, 0.4) is 0 Å². The van der Waals surface area contributed by atoms with E-state index in [1.807, 2.05) is 30.3 Å². The molecule has 0 saturated carbocycles. The van der Waals surface area contributed by atoms with E-state index in [2.05, 4.69) is 15.6 Å². The first-order chi connectivity index (χ1) is 13.2. The van der Waals surface area contributed by atoms with Gasteiger partial charge in [-0.25, -0.2) is 4.98 Å². The summed E-state index contributed by atoms with van der Waals surface area (Å²) in [6, 6.07) is 15.9. The van der Waals surface area contributed by atoms with E-state index in [1.165, 1.54) is 6.26 Å². The summed E-state index contributed by atoms with van der Waals surface area (Å²) in [5.41, 5.74) is 0.492. The first-order valence-electron chi connectivity index (χ1n) is 8.52. The Bertz CT molecular complexity index is 879. The number of benzene rings is 1. The van der Waals surface area contributed by atoms with Crippen LogP contribution in [0.5, 0.6) is 11.6 Å². The van der Waals surface area contributed by atoms with E-state index in [-0.39, 0.29) is 24.0 Å². The van der Waals surface area contributed by atoms with Gasteiger partial charge in [0.1, 0.15) is 11.4 Å². The van der Waals surface area contributed by atoms with Gasteiger partial charge in [0.15, 0.2) is 5.76 Å². The molecule has 0 aliphatic rings. The topological polar surface area (TPSA) is 93.5 Å². The molecule has 0 fully saturated rings. The van der Waals surface area contributed by atoms with E-state index >= 15 is 0 Å². The third-order valence-electron chi connectivity index (χ3n) is 3.61. The van der Waals surface area contributed by atoms with Gasteiger partial charge in [0.25, 0.3) is 5.91 Å². The summed E-state index contributed by atoms with van der Waals surface area (Å²) in [5, 5.41) is 5.49. The molecular formula is C20H19N3O4. The number of nitrogens with one attached hydrogen (secondary N) is 2. The van der Waals surface area contributed by atoms with Crippen LogP contribution >= 0.6 is 0 Å². The van der Waals surface area contributed by atoms with Crippen LogP contribution in [0.15, 0.2) is 71.5 Å². The molecule has 0 aliphatic carbocycles. The summed E-state index contributed by atoms with van der Waals surface area (Å²) in [7, 11) is 0. The number of aromatic nitrogens is 1. The van der Waals surface area contributed by atoms with Gasteiger partial charge in [0.2, 0.25) is 11.8 Å². The highest BCUT2D eigenvalue weighted by Gasteiger charge is 2.11. The fraction of sp³-hybridized carbons (Fsp3) is 0.150. The maximum Gasteiger partial charge on any atom is 0.286 e. The summed E-state index contributed by atoms with van der Waals surface area (Å²) in [4.78, 5) is 28.1. The smallest absolute Gasteiger partial charge is 0.286 e. The number of carbonyl (C=O) groups is 2. The number of rotatable bonds is 8. The van der Waals surface area contributed by atoms with Crippen LogP contribution in [0.2, 0.25) is 0 Å². The van der Waals surface area contributed by atoms with Crippen LogP contribution in [-0.4, -0.2) is 23.3 Å². The fourth-order valence-corrected chi connectivity index (χ4v) is 2.33. The Hall–Kier alpha value is -3.61. The van der Waals surface area contributed by atoms with Crippen LogP contribution in [0.25, 0.3) is 0 Å². The van der Waals surface area contributed by atoms with E-state index < -0.39 is 0 Å². The molecule has 7 heteroatoms. The number of anilines is 1. The van der Waals surface area contributed by atoms with E-state index in [0.717, 1.165) is 0 Å². The molecule has 2 amide bonds. The summed E-state index contributed by atoms with van der Waals surface area (Å²) in [6.45, 7) is 0.368. The lowest BCUT2D eigenvalue weighted by molar-refractivity contribution is -0.116. The predicted octanol–water partition coefficient (Wildman–Crippen LogP) is 3.62.